The monoisotopic (exact) mass is 162 g/mol. The molecule has 0 amide bonds. The minimum Gasteiger partial charge on any atom is -0.481 e. The van der Waals surface area contributed by atoms with E-state index in [-0.39, 0.29) is 12.8 Å². The Morgan fingerprint density at radius 3 is 2.18 bits per heavy atom. The standard InChI is InChI=1S/C6H10O5/c7-4(3-6(10)11)1-2-5(8)9/h5,8-9H,1-3H2,(H,10,11). The fourth-order valence-corrected chi connectivity index (χ4v) is 0.547. The van der Waals surface area contributed by atoms with Gasteiger partial charge in [-0.2, -0.15) is 0 Å². The number of hydrogen-bond donors (Lipinski definition) is 3. The summed E-state index contributed by atoms with van der Waals surface area (Å²) in [7, 11) is 0. The van der Waals surface area contributed by atoms with Gasteiger partial charge in [-0.25, -0.2) is 0 Å². The molecule has 0 rings (SSSR count). The zero-order valence-electron chi connectivity index (χ0n) is 5.86. The average molecular weight is 162 g/mol. The Bertz CT molecular complexity index is 151. The van der Waals surface area contributed by atoms with E-state index in [2.05, 4.69) is 0 Å². The summed E-state index contributed by atoms with van der Waals surface area (Å²) in [6.45, 7) is 0. The molecule has 3 N–H and O–H groups in total. The molecule has 0 saturated heterocycles. The van der Waals surface area contributed by atoms with Gasteiger partial charge in [-0.3, -0.25) is 9.59 Å². The van der Waals surface area contributed by atoms with Gasteiger partial charge in [-0.15, -0.1) is 0 Å². The summed E-state index contributed by atoms with van der Waals surface area (Å²) in [5.41, 5.74) is 0. The van der Waals surface area contributed by atoms with Crippen molar-refractivity contribution in [3.8, 4) is 0 Å². The van der Waals surface area contributed by atoms with Crippen LogP contribution in [-0.2, 0) is 9.59 Å². The zero-order chi connectivity index (χ0) is 8.85. The molecule has 5 heteroatoms. The van der Waals surface area contributed by atoms with Crippen LogP contribution in [0.2, 0.25) is 0 Å². The number of aliphatic carboxylic acids is 1. The van der Waals surface area contributed by atoms with E-state index in [1.807, 2.05) is 0 Å². The highest BCUT2D eigenvalue weighted by atomic mass is 16.5. The van der Waals surface area contributed by atoms with Crippen molar-refractivity contribution in [3.05, 3.63) is 0 Å². The van der Waals surface area contributed by atoms with E-state index in [4.69, 9.17) is 15.3 Å². The molecule has 0 saturated carbocycles. The Morgan fingerprint density at radius 2 is 1.82 bits per heavy atom. The van der Waals surface area contributed by atoms with E-state index >= 15 is 0 Å². The highest BCUT2D eigenvalue weighted by molar-refractivity contribution is 5.94. The number of carboxylic acid groups (broad SMARTS) is 1. The van der Waals surface area contributed by atoms with Gasteiger partial charge >= 0.3 is 5.97 Å². The van der Waals surface area contributed by atoms with Crippen LogP contribution in [0, 0.1) is 0 Å². The Kier molecular flexibility index (Phi) is 4.40. The fraction of sp³-hybridized carbons (Fsp3) is 0.667. The number of Topliss-reactive ketones (excluding diaryl/α,β-unsaturated/α-hetero) is 1. The van der Waals surface area contributed by atoms with Crippen LogP contribution in [-0.4, -0.2) is 33.4 Å². The molecular weight excluding hydrogens is 152 g/mol. The molecule has 0 bridgehead atoms. The van der Waals surface area contributed by atoms with Crippen LogP contribution in [0.25, 0.3) is 0 Å². The maximum atomic E-state index is 10.6. The number of aliphatic hydroxyl groups excluding tert-OH is 1. The summed E-state index contributed by atoms with van der Waals surface area (Å²) < 4.78 is 0. The van der Waals surface area contributed by atoms with Crippen molar-refractivity contribution in [3.63, 3.8) is 0 Å². The minimum absolute atomic E-state index is 0.105. The molecule has 0 atom stereocenters. The number of ketones is 1. The first-order chi connectivity index (χ1) is 5.02. The van der Waals surface area contributed by atoms with Crippen LogP contribution < -0.4 is 0 Å². The van der Waals surface area contributed by atoms with Crippen molar-refractivity contribution in [2.24, 2.45) is 0 Å². The number of aliphatic hydroxyl groups is 2. The molecule has 0 radical (unpaired) electrons. The third kappa shape index (κ3) is 6.95. The van der Waals surface area contributed by atoms with Gasteiger partial charge in [-0.05, 0) is 0 Å². The second-order valence-corrected chi connectivity index (χ2v) is 2.13. The second kappa shape index (κ2) is 4.81. The predicted octanol–water partition coefficient (Wildman–Crippen LogP) is -0.879. The molecule has 0 aromatic heterocycles. The highest BCUT2D eigenvalue weighted by Crippen LogP contribution is 1.97. The Balaban J connectivity index is 3.46. The molecule has 11 heavy (non-hydrogen) atoms. The largest absolute Gasteiger partial charge is 0.481 e. The van der Waals surface area contributed by atoms with Crippen LogP contribution in [0.15, 0.2) is 0 Å². The summed E-state index contributed by atoms with van der Waals surface area (Å²) in [5.74, 6) is -1.69. The minimum atomic E-state index is -1.53. The topological polar surface area (TPSA) is 94.8 Å². The Hall–Kier alpha value is -0.940. The van der Waals surface area contributed by atoms with Crippen molar-refractivity contribution in [1.29, 1.82) is 0 Å². The summed E-state index contributed by atoms with van der Waals surface area (Å²) in [6.07, 6.45) is -2.30. The molecule has 5 nitrogen and oxygen atoms in total. The van der Waals surface area contributed by atoms with Gasteiger partial charge in [0.1, 0.15) is 12.2 Å². The van der Waals surface area contributed by atoms with Crippen molar-refractivity contribution in [2.45, 2.75) is 25.6 Å². The van der Waals surface area contributed by atoms with Crippen LogP contribution in [0.5, 0.6) is 0 Å². The molecule has 0 fully saturated rings. The lowest BCUT2D eigenvalue weighted by Crippen LogP contribution is -2.11. The molecule has 0 aromatic rings. The second-order valence-electron chi connectivity index (χ2n) is 2.13. The summed E-state index contributed by atoms with van der Waals surface area (Å²) >= 11 is 0. The molecule has 0 aliphatic heterocycles. The van der Waals surface area contributed by atoms with Crippen LogP contribution in [0.4, 0.5) is 0 Å². The number of hydrogen-bond acceptors (Lipinski definition) is 4. The van der Waals surface area contributed by atoms with E-state index in [9.17, 15) is 9.59 Å². The molecule has 0 heterocycles. The quantitative estimate of drug-likeness (QED) is 0.360. The van der Waals surface area contributed by atoms with Crippen molar-refractivity contribution >= 4 is 11.8 Å². The molecule has 0 unspecified atom stereocenters. The average Bonchev–Trinajstić information content (AvgIpc) is 1.82. The van der Waals surface area contributed by atoms with Gasteiger partial charge in [0.25, 0.3) is 0 Å². The fourth-order valence-electron chi connectivity index (χ4n) is 0.547. The third-order valence-corrected chi connectivity index (χ3v) is 1.03. The number of carbonyl (C=O) groups excluding carboxylic acids is 1. The van der Waals surface area contributed by atoms with Gasteiger partial charge in [0.2, 0.25) is 0 Å². The summed E-state index contributed by atoms with van der Waals surface area (Å²) in [4.78, 5) is 20.5. The summed E-state index contributed by atoms with van der Waals surface area (Å²) in [5, 5.41) is 24.7. The van der Waals surface area contributed by atoms with E-state index in [1.165, 1.54) is 0 Å². The molecule has 0 aliphatic rings. The van der Waals surface area contributed by atoms with Crippen molar-refractivity contribution < 1.29 is 24.9 Å². The normalized spacial score (nSPS) is 10.1. The van der Waals surface area contributed by atoms with Crippen molar-refractivity contribution in [1.82, 2.24) is 0 Å². The smallest absolute Gasteiger partial charge is 0.310 e. The highest BCUT2D eigenvalue weighted by Gasteiger charge is 2.08. The van der Waals surface area contributed by atoms with E-state index in [1.54, 1.807) is 0 Å². The van der Waals surface area contributed by atoms with Gasteiger partial charge < -0.3 is 15.3 Å². The molecule has 0 spiro atoms. The number of carboxylic acids is 1. The Morgan fingerprint density at radius 1 is 1.27 bits per heavy atom. The number of rotatable bonds is 5. The SMILES string of the molecule is O=C(O)CC(=O)CCC(O)O. The first-order valence-corrected chi connectivity index (χ1v) is 3.12. The predicted molar refractivity (Wildman–Crippen MR) is 34.7 cm³/mol. The van der Waals surface area contributed by atoms with E-state index in [0.717, 1.165) is 0 Å². The first-order valence-electron chi connectivity index (χ1n) is 3.12. The lowest BCUT2D eigenvalue weighted by molar-refractivity contribution is -0.140. The Labute approximate surface area is 63.3 Å². The van der Waals surface area contributed by atoms with Gasteiger partial charge in [0.05, 0.1) is 0 Å². The van der Waals surface area contributed by atoms with Gasteiger partial charge in [0, 0.05) is 12.8 Å². The van der Waals surface area contributed by atoms with Crippen LogP contribution in [0.1, 0.15) is 19.3 Å². The van der Waals surface area contributed by atoms with Crippen LogP contribution in [0.3, 0.4) is 0 Å². The van der Waals surface area contributed by atoms with Crippen LogP contribution >= 0.6 is 0 Å². The summed E-state index contributed by atoms with van der Waals surface area (Å²) in [6, 6.07) is 0. The molecule has 0 aliphatic carbocycles. The molecule has 64 valence electrons. The molecular formula is C6H10O5. The van der Waals surface area contributed by atoms with Gasteiger partial charge in [0.15, 0.2) is 6.29 Å². The lowest BCUT2D eigenvalue weighted by Gasteiger charge is -1.99. The molecule has 0 aromatic carbocycles. The third-order valence-electron chi connectivity index (χ3n) is 1.03. The number of carbonyl (C=O) groups is 2. The van der Waals surface area contributed by atoms with E-state index in [0.29, 0.717) is 0 Å². The zero-order valence-corrected chi connectivity index (χ0v) is 5.86. The van der Waals surface area contributed by atoms with Crippen molar-refractivity contribution in [2.75, 3.05) is 0 Å². The lowest BCUT2D eigenvalue weighted by atomic mass is 10.1. The maximum Gasteiger partial charge on any atom is 0.310 e. The van der Waals surface area contributed by atoms with Gasteiger partial charge in [-0.1, -0.05) is 0 Å². The first kappa shape index (κ1) is 10.1. The van der Waals surface area contributed by atoms with E-state index < -0.39 is 24.5 Å². The maximum absolute atomic E-state index is 10.6.